The first-order valence-electron chi connectivity index (χ1n) is 5.45. The minimum atomic E-state index is 0. The van der Waals surface area contributed by atoms with Gasteiger partial charge in [0.15, 0.2) is 5.82 Å². The van der Waals surface area contributed by atoms with Gasteiger partial charge < -0.3 is 10.3 Å². The number of halogens is 2. The molecular formula is C12H15Cl2N3O. The Kier molecular flexibility index (Phi) is 5.59. The highest BCUT2D eigenvalue weighted by molar-refractivity contribution is 6.31. The number of nitrogens with two attached hydrogens (primary N) is 1. The van der Waals surface area contributed by atoms with E-state index in [9.17, 15) is 0 Å². The predicted molar refractivity (Wildman–Crippen MR) is 73.2 cm³/mol. The number of hydrogen-bond donors (Lipinski definition) is 1. The van der Waals surface area contributed by atoms with Crippen LogP contribution in [0.2, 0.25) is 5.02 Å². The van der Waals surface area contributed by atoms with Crippen LogP contribution >= 0.6 is 24.0 Å². The zero-order chi connectivity index (χ0) is 12.3. The number of nitrogens with zero attached hydrogens (tertiary/aromatic N) is 2. The molecule has 0 spiro atoms. The largest absolute Gasteiger partial charge is 0.339 e. The van der Waals surface area contributed by atoms with Gasteiger partial charge in [0.25, 0.3) is 0 Å². The minimum absolute atomic E-state index is 0. The summed E-state index contributed by atoms with van der Waals surface area (Å²) in [6, 6.07) is 7.64. The lowest BCUT2D eigenvalue weighted by molar-refractivity contribution is 0.367. The first-order valence-corrected chi connectivity index (χ1v) is 5.83. The van der Waals surface area contributed by atoms with E-state index in [0.29, 0.717) is 29.6 Å². The zero-order valence-electron chi connectivity index (χ0n) is 9.97. The summed E-state index contributed by atoms with van der Waals surface area (Å²) in [6.07, 6.45) is 1.16. The molecule has 0 aliphatic carbocycles. The fraction of sp³-hybridized carbons (Fsp3) is 0.333. The molecule has 0 amide bonds. The monoisotopic (exact) mass is 287 g/mol. The Balaban J connectivity index is 0.00000162. The third-order valence-corrected chi connectivity index (χ3v) is 2.68. The van der Waals surface area contributed by atoms with Crippen LogP contribution in [-0.4, -0.2) is 16.2 Å². The third-order valence-electron chi connectivity index (χ3n) is 2.31. The second kappa shape index (κ2) is 6.73. The highest BCUT2D eigenvalue weighted by Gasteiger charge is 2.10. The summed E-state index contributed by atoms with van der Waals surface area (Å²) in [5.41, 5.74) is 6.65. The smallest absolute Gasteiger partial charge is 0.228 e. The number of benzene rings is 1. The van der Waals surface area contributed by atoms with Crippen molar-refractivity contribution in [3.63, 3.8) is 0 Å². The van der Waals surface area contributed by atoms with Crippen molar-refractivity contribution >= 4 is 24.0 Å². The summed E-state index contributed by atoms with van der Waals surface area (Å²) < 4.78 is 5.10. The van der Waals surface area contributed by atoms with E-state index in [1.807, 2.05) is 31.2 Å². The molecule has 2 aromatic rings. The van der Waals surface area contributed by atoms with E-state index >= 15 is 0 Å². The van der Waals surface area contributed by atoms with Crippen LogP contribution in [0.5, 0.6) is 0 Å². The van der Waals surface area contributed by atoms with E-state index in [1.165, 1.54) is 0 Å². The molecule has 6 heteroatoms. The van der Waals surface area contributed by atoms with Crippen LogP contribution in [0.25, 0.3) is 0 Å². The van der Waals surface area contributed by atoms with Crippen LogP contribution < -0.4 is 5.73 Å². The van der Waals surface area contributed by atoms with Crippen LogP contribution in [0.4, 0.5) is 0 Å². The van der Waals surface area contributed by atoms with Crippen molar-refractivity contribution in [1.29, 1.82) is 0 Å². The fourth-order valence-corrected chi connectivity index (χ4v) is 1.73. The zero-order valence-corrected chi connectivity index (χ0v) is 11.5. The maximum atomic E-state index is 6.06. The van der Waals surface area contributed by atoms with Crippen LogP contribution in [0.3, 0.4) is 0 Å². The highest BCUT2D eigenvalue weighted by Crippen LogP contribution is 2.17. The van der Waals surface area contributed by atoms with E-state index in [0.717, 1.165) is 5.56 Å². The van der Waals surface area contributed by atoms with Gasteiger partial charge in [-0.15, -0.1) is 12.4 Å². The van der Waals surface area contributed by atoms with E-state index in [2.05, 4.69) is 10.1 Å². The first kappa shape index (κ1) is 15.0. The van der Waals surface area contributed by atoms with Crippen molar-refractivity contribution < 1.29 is 4.52 Å². The van der Waals surface area contributed by atoms with Crippen molar-refractivity contribution in [3.05, 3.63) is 46.6 Å². The number of aromatic nitrogens is 2. The fourth-order valence-electron chi connectivity index (χ4n) is 1.53. The van der Waals surface area contributed by atoms with E-state index < -0.39 is 0 Å². The first-order chi connectivity index (χ1) is 8.15. The van der Waals surface area contributed by atoms with Gasteiger partial charge in [0.2, 0.25) is 5.89 Å². The second-order valence-corrected chi connectivity index (χ2v) is 4.46. The molecule has 0 saturated carbocycles. The number of hydrogen-bond acceptors (Lipinski definition) is 4. The standard InChI is InChI=1S/C12H14ClN3O.ClH/c1-8(14)6-12-15-11(16-17-12)7-9-4-2-3-5-10(9)13;/h2-5,8H,6-7,14H2,1H3;1H. The Morgan fingerprint density at radius 3 is 2.78 bits per heavy atom. The molecule has 1 atom stereocenters. The van der Waals surface area contributed by atoms with Crippen LogP contribution in [0.1, 0.15) is 24.2 Å². The third kappa shape index (κ3) is 3.98. The summed E-state index contributed by atoms with van der Waals surface area (Å²) in [5, 5.41) is 4.62. The van der Waals surface area contributed by atoms with Gasteiger partial charge in [-0.05, 0) is 18.6 Å². The molecule has 2 N–H and O–H groups in total. The molecule has 0 bridgehead atoms. The Morgan fingerprint density at radius 1 is 1.39 bits per heavy atom. The summed E-state index contributed by atoms with van der Waals surface area (Å²) in [5.74, 6) is 1.20. The van der Waals surface area contributed by atoms with Gasteiger partial charge in [0.1, 0.15) is 0 Å². The molecule has 1 aromatic carbocycles. The van der Waals surface area contributed by atoms with E-state index in [4.69, 9.17) is 21.9 Å². The van der Waals surface area contributed by atoms with Crippen molar-refractivity contribution in [1.82, 2.24) is 10.1 Å². The van der Waals surface area contributed by atoms with Crippen LogP contribution in [-0.2, 0) is 12.8 Å². The van der Waals surface area contributed by atoms with Gasteiger partial charge in [-0.3, -0.25) is 0 Å². The number of rotatable bonds is 4. The highest BCUT2D eigenvalue weighted by atomic mass is 35.5. The Morgan fingerprint density at radius 2 is 2.11 bits per heavy atom. The van der Waals surface area contributed by atoms with Gasteiger partial charge in [-0.2, -0.15) is 4.98 Å². The van der Waals surface area contributed by atoms with Gasteiger partial charge in [-0.25, -0.2) is 0 Å². The average Bonchev–Trinajstić information content (AvgIpc) is 2.68. The van der Waals surface area contributed by atoms with Crippen molar-refractivity contribution in [2.75, 3.05) is 0 Å². The Bertz CT molecular complexity index is 500. The molecule has 1 heterocycles. The van der Waals surface area contributed by atoms with Crippen molar-refractivity contribution in [2.45, 2.75) is 25.8 Å². The predicted octanol–water partition coefficient (Wildman–Crippen LogP) is 2.63. The topological polar surface area (TPSA) is 64.9 Å². The summed E-state index contributed by atoms with van der Waals surface area (Å²) in [6.45, 7) is 1.90. The maximum absolute atomic E-state index is 6.06. The molecule has 18 heavy (non-hydrogen) atoms. The van der Waals surface area contributed by atoms with E-state index in [1.54, 1.807) is 0 Å². The lowest BCUT2D eigenvalue weighted by Crippen LogP contribution is -2.17. The average molecular weight is 288 g/mol. The molecule has 2 rings (SSSR count). The lowest BCUT2D eigenvalue weighted by atomic mass is 10.1. The molecule has 0 aliphatic heterocycles. The summed E-state index contributed by atoms with van der Waals surface area (Å²) >= 11 is 6.06. The van der Waals surface area contributed by atoms with Crippen LogP contribution in [0.15, 0.2) is 28.8 Å². The second-order valence-electron chi connectivity index (χ2n) is 4.05. The van der Waals surface area contributed by atoms with Crippen molar-refractivity contribution in [3.8, 4) is 0 Å². The molecular weight excluding hydrogens is 273 g/mol. The molecule has 1 unspecified atom stereocenters. The quantitative estimate of drug-likeness (QED) is 0.939. The van der Waals surface area contributed by atoms with Gasteiger partial charge >= 0.3 is 0 Å². The molecule has 0 aliphatic rings. The Labute approximate surface area is 117 Å². The minimum Gasteiger partial charge on any atom is -0.339 e. The normalized spacial score (nSPS) is 11.9. The molecule has 0 fully saturated rings. The lowest BCUT2D eigenvalue weighted by Gasteiger charge is -1.99. The van der Waals surface area contributed by atoms with Crippen molar-refractivity contribution in [2.24, 2.45) is 5.73 Å². The molecule has 0 radical (unpaired) electrons. The Hall–Kier alpha value is -1.10. The van der Waals surface area contributed by atoms with Gasteiger partial charge in [0, 0.05) is 23.9 Å². The SMILES string of the molecule is CC(N)Cc1nc(Cc2ccccc2Cl)no1.Cl. The summed E-state index contributed by atoms with van der Waals surface area (Å²) in [7, 11) is 0. The molecule has 1 aromatic heterocycles. The van der Waals surface area contributed by atoms with Gasteiger partial charge in [0.05, 0.1) is 0 Å². The van der Waals surface area contributed by atoms with Gasteiger partial charge in [-0.1, -0.05) is 35.0 Å². The summed E-state index contributed by atoms with van der Waals surface area (Å²) in [4.78, 5) is 4.27. The molecule has 4 nitrogen and oxygen atoms in total. The van der Waals surface area contributed by atoms with Crippen LogP contribution in [0, 0.1) is 0 Å². The maximum Gasteiger partial charge on any atom is 0.228 e. The molecule has 0 saturated heterocycles. The van der Waals surface area contributed by atoms with E-state index in [-0.39, 0.29) is 18.4 Å². The molecule has 98 valence electrons.